The minimum absolute atomic E-state index is 0.0144. The number of rotatable bonds is 8. The summed E-state index contributed by atoms with van der Waals surface area (Å²) in [5.41, 5.74) is 1.40. The lowest BCUT2D eigenvalue weighted by Crippen LogP contribution is -2.25. The molecule has 18 heteroatoms. The van der Waals surface area contributed by atoms with Gasteiger partial charge in [0.2, 0.25) is 23.6 Å². The molecular weight excluding hydrogens is 713 g/mol. The third-order valence-corrected chi connectivity index (χ3v) is 11.3. The normalized spacial score (nSPS) is 14.7. The molecular formula is C34H28N8O8S2. The van der Waals surface area contributed by atoms with Crippen molar-refractivity contribution < 1.29 is 35.8 Å². The van der Waals surface area contributed by atoms with Gasteiger partial charge in [0.05, 0.1) is 55.6 Å². The number of sulfonamides is 2. The third kappa shape index (κ3) is 6.83. The van der Waals surface area contributed by atoms with E-state index in [9.17, 15) is 16.8 Å². The molecule has 8 rings (SSSR count). The van der Waals surface area contributed by atoms with E-state index in [1.165, 1.54) is 43.1 Å². The standard InChI is InChI=1S/2C17H14N4O4S/c1-24-15-9-16(25-13-6-4-8-18-10-13)20-17(19-15)21-11-12-5-2-3-7-14(12)26(21,22)23;1-24-16-9-15(19-17(20-16)25-13-6-4-8-18-10-13)21-11-12-5-2-3-7-14(12)26(21,22)23/h2*2-10H,11H2,1H3. The van der Waals surface area contributed by atoms with Crippen LogP contribution in [-0.2, 0) is 33.1 Å². The highest BCUT2D eigenvalue weighted by molar-refractivity contribution is 7.93. The Kier molecular flexibility index (Phi) is 9.22. The van der Waals surface area contributed by atoms with Gasteiger partial charge in [-0.2, -0.15) is 19.9 Å². The maximum absolute atomic E-state index is 12.8. The first kappa shape index (κ1) is 34.1. The molecule has 0 aliphatic carbocycles. The monoisotopic (exact) mass is 740 g/mol. The van der Waals surface area contributed by atoms with Gasteiger partial charge in [0, 0.05) is 18.5 Å². The van der Waals surface area contributed by atoms with Crippen LogP contribution in [0.15, 0.2) is 120 Å². The lowest BCUT2D eigenvalue weighted by Gasteiger charge is -2.17. The van der Waals surface area contributed by atoms with Crippen molar-refractivity contribution >= 4 is 31.8 Å². The molecule has 0 N–H and O–H groups in total. The van der Waals surface area contributed by atoms with Crippen LogP contribution in [0.5, 0.6) is 35.1 Å². The molecule has 4 aromatic heterocycles. The number of hydrogen-bond donors (Lipinski definition) is 0. The number of nitrogens with zero attached hydrogens (tertiary/aromatic N) is 8. The van der Waals surface area contributed by atoms with Gasteiger partial charge in [-0.3, -0.25) is 9.97 Å². The molecule has 16 nitrogen and oxygen atoms in total. The lowest BCUT2D eigenvalue weighted by atomic mass is 10.2. The number of hydrogen-bond acceptors (Lipinski definition) is 14. The Morgan fingerprint density at radius 2 is 1.12 bits per heavy atom. The van der Waals surface area contributed by atoms with E-state index in [0.717, 1.165) is 4.31 Å². The van der Waals surface area contributed by atoms with E-state index >= 15 is 0 Å². The largest absolute Gasteiger partial charge is 0.481 e. The summed E-state index contributed by atoms with van der Waals surface area (Å²) in [4.78, 5) is 25.2. The van der Waals surface area contributed by atoms with Crippen LogP contribution in [0.25, 0.3) is 0 Å². The van der Waals surface area contributed by atoms with E-state index in [4.69, 9.17) is 18.9 Å². The fourth-order valence-electron chi connectivity index (χ4n) is 5.24. The minimum atomic E-state index is -3.73. The Morgan fingerprint density at radius 1 is 0.577 bits per heavy atom. The van der Waals surface area contributed by atoms with Crippen LogP contribution >= 0.6 is 0 Å². The van der Waals surface area contributed by atoms with E-state index in [1.54, 1.807) is 85.2 Å². The number of fused-ring (bicyclic) bond motifs is 2. The maximum atomic E-state index is 12.8. The van der Waals surface area contributed by atoms with Gasteiger partial charge >= 0.3 is 6.01 Å². The minimum Gasteiger partial charge on any atom is -0.481 e. The van der Waals surface area contributed by atoms with Gasteiger partial charge in [0.1, 0.15) is 11.5 Å². The van der Waals surface area contributed by atoms with Crippen molar-refractivity contribution in [3.8, 4) is 35.1 Å². The number of benzene rings is 2. The molecule has 264 valence electrons. The lowest BCUT2D eigenvalue weighted by molar-refractivity contribution is 0.376. The average molecular weight is 741 g/mol. The van der Waals surface area contributed by atoms with Crippen LogP contribution in [0.1, 0.15) is 11.1 Å². The molecule has 0 saturated heterocycles. The molecule has 0 unspecified atom stereocenters. The van der Waals surface area contributed by atoms with Crippen molar-refractivity contribution in [3.05, 3.63) is 121 Å². The van der Waals surface area contributed by atoms with Crippen LogP contribution in [0.4, 0.5) is 11.8 Å². The first-order valence-electron chi connectivity index (χ1n) is 15.4. The molecule has 52 heavy (non-hydrogen) atoms. The van der Waals surface area contributed by atoms with Crippen LogP contribution in [0.2, 0.25) is 0 Å². The maximum Gasteiger partial charge on any atom is 0.327 e. The number of ether oxygens (including phenoxy) is 4. The first-order valence-corrected chi connectivity index (χ1v) is 18.3. The number of aromatic nitrogens is 6. The van der Waals surface area contributed by atoms with E-state index < -0.39 is 20.0 Å². The summed E-state index contributed by atoms with van der Waals surface area (Å²) in [7, 11) is -4.55. The third-order valence-electron chi connectivity index (χ3n) is 7.64. The number of methoxy groups -OCH3 is 2. The predicted octanol–water partition coefficient (Wildman–Crippen LogP) is 4.76. The van der Waals surface area contributed by atoms with Crippen molar-refractivity contribution in [2.24, 2.45) is 0 Å². The molecule has 0 atom stereocenters. The average Bonchev–Trinajstić information content (AvgIpc) is 3.60. The summed E-state index contributed by atoms with van der Waals surface area (Å²) in [6, 6.07) is 23.4. The Hall–Kier alpha value is -6.40. The smallest absolute Gasteiger partial charge is 0.327 e. The number of pyridine rings is 2. The van der Waals surface area contributed by atoms with E-state index in [2.05, 4.69) is 29.9 Å². The summed E-state index contributed by atoms with van der Waals surface area (Å²) in [6.07, 6.45) is 6.26. The second-order valence-corrected chi connectivity index (χ2v) is 14.6. The highest BCUT2D eigenvalue weighted by Gasteiger charge is 2.37. The molecule has 2 aromatic carbocycles. The van der Waals surface area contributed by atoms with Gasteiger partial charge in [-0.05, 0) is 47.5 Å². The van der Waals surface area contributed by atoms with Gasteiger partial charge in [-0.1, -0.05) is 36.4 Å². The van der Waals surface area contributed by atoms with Crippen molar-refractivity contribution in [3.63, 3.8) is 0 Å². The second-order valence-electron chi connectivity index (χ2n) is 10.9. The van der Waals surface area contributed by atoms with Crippen LogP contribution < -0.4 is 27.6 Å². The summed E-state index contributed by atoms with van der Waals surface area (Å²) >= 11 is 0. The van der Waals surface area contributed by atoms with Crippen molar-refractivity contribution in [2.45, 2.75) is 22.9 Å². The van der Waals surface area contributed by atoms with Crippen molar-refractivity contribution in [2.75, 3.05) is 22.8 Å². The quantitative estimate of drug-likeness (QED) is 0.208. The highest BCUT2D eigenvalue weighted by atomic mass is 32.2. The Bertz CT molecular complexity index is 2290. The van der Waals surface area contributed by atoms with Gasteiger partial charge in [-0.15, -0.1) is 0 Å². The summed E-state index contributed by atoms with van der Waals surface area (Å²) < 4.78 is 75.2. The van der Waals surface area contributed by atoms with Gasteiger partial charge in [-0.25, -0.2) is 25.4 Å². The first-order chi connectivity index (χ1) is 25.1. The van der Waals surface area contributed by atoms with E-state index in [1.807, 2.05) is 0 Å². The van der Waals surface area contributed by atoms with Crippen LogP contribution in [0, 0.1) is 0 Å². The molecule has 6 aromatic rings. The summed E-state index contributed by atoms with van der Waals surface area (Å²) in [6.45, 7) is 0.336. The zero-order chi connectivity index (χ0) is 36.3. The zero-order valence-corrected chi connectivity index (χ0v) is 29.1. The summed E-state index contributed by atoms with van der Waals surface area (Å²) in [5, 5.41) is 0. The topological polar surface area (TPSA) is 189 Å². The van der Waals surface area contributed by atoms with Gasteiger partial charge in [0.15, 0.2) is 5.82 Å². The molecule has 6 heterocycles. The molecule has 2 aliphatic heterocycles. The molecule has 0 bridgehead atoms. The SMILES string of the molecule is COc1cc(N2Cc3ccccc3S2(=O)=O)nc(Oc2cccnc2)n1.COc1cc(Oc2cccnc2)nc(N2Cc3ccccc3S2(=O)=O)n1. The second kappa shape index (κ2) is 14.1. The Morgan fingerprint density at radius 3 is 1.69 bits per heavy atom. The fourth-order valence-corrected chi connectivity index (χ4v) is 8.40. The van der Waals surface area contributed by atoms with Crippen LogP contribution in [-0.4, -0.2) is 61.0 Å². The van der Waals surface area contributed by atoms with Gasteiger partial charge < -0.3 is 18.9 Å². The Balaban J connectivity index is 0.000000162. The molecule has 0 amide bonds. The van der Waals surface area contributed by atoms with Crippen LogP contribution in [0.3, 0.4) is 0 Å². The molecule has 0 radical (unpaired) electrons. The zero-order valence-electron chi connectivity index (χ0n) is 27.5. The number of anilines is 2. The summed E-state index contributed by atoms with van der Waals surface area (Å²) in [5.74, 6) is 1.60. The van der Waals surface area contributed by atoms with Crippen molar-refractivity contribution in [1.82, 2.24) is 29.9 Å². The van der Waals surface area contributed by atoms with E-state index in [-0.39, 0.29) is 58.3 Å². The van der Waals surface area contributed by atoms with Crippen molar-refractivity contribution in [1.29, 1.82) is 0 Å². The molecule has 2 aliphatic rings. The predicted molar refractivity (Wildman–Crippen MR) is 185 cm³/mol. The fraction of sp³-hybridized carbons (Fsp3) is 0.118. The molecule has 0 fully saturated rings. The molecule has 0 spiro atoms. The van der Waals surface area contributed by atoms with Gasteiger partial charge in [0.25, 0.3) is 20.0 Å². The van der Waals surface area contributed by atoms with E-state index in [0.29, 0.717) is 22.6 Å². The molecule has 0 saturated carbocycles. The highest BCUT2D eigenvalue weighted by Crippen LogP contribution is 2.37. The Labute approximate surface area is 298 Å².